The van der Waals surface area contributed by atoms with E-state index >= 15 is 0 Å². The molecule has 162 valence electrons. The number of nitrogens with zero attached hydrogens (tertiary/aromatic N) is 1. The molecule has 2 aliphatic rings. The van der Waals surface area contributed by atoms with Crippen LogP contribution in [0.1, 0.15) is 48.1 Å². The molecular weight excluding hydrogens is 394 g/mol. The molecule has 0 radical (unpaired) electrons. The van der Waals surface area contributed by atoms with Gasteiger partial charge in [-0.05, 0) is 49.6 Å². The maximum absolute atomic E-state index is 13.1. The highest BCUT2D eigenvalue weighted by molar-refractivity contribution is 6.46. The average Bonchev–Trinajstić information content (AvgIpc) is 3.03. The van der Waals surface area contributed by atoms with Crippen molar-refractivity contribution < 1.29 is 24.2 Å². The Kier molecular flexibility index (Phi) is 5.72. The molecule has 0 bridgehead atoms. The van der Waals surface area contributed by atoms with Crippen molar-refractivity contribution in [1.82, 2.24) is 4.90 Å². The number of amides is 1. The van der Waals surface area contributed by atoms with Crippen LogP contribution in [0.2, 0.25) is 0 Å². The Labute approximate surface area is 182 Å². The molecule has 2 aliphatic heterocycles. The number of aliphatic hydroxyl groups excluding tert-OH is 1. The van der Waals surface area contributed by atoms with Crippen molar-refractivity contribution in [2.45, 2.75) is 39.7 Å². The minimum absolute atomic E-state index is 0.117. The molecular formula is C25H27NO5. The van der Waals surface area contributed by atoms with E-state index < -0.39 is 17.7 Å². The summed E-state index contributed by atoms with van der Waals surface area (Å²) < 4.78 is 11.3. The van der Waals surface area contributed by atoms with Crippen LogP contribution < -0.4 is 9.47 Å². The van der Waals surface area contributed by atoms with Gasteiger partial charge in [0, 0.05) is 12.1 Å². The van der Waals surface area contributed by atoms with Crippen molar-refractivity contribution in [2.24, 2.45) is 0 Å². The summed E-state index contributed by atoms with van der Waals surface area (Å²) in [5.41, 5.74) is 3.20. The van der Waals surface area contributed by atoms with Crippen LogP contribution >= 0.6 is 0 Å². The minimum atomic E-state index is -0.678. The third-order valence-corrected chi connectivity index (χ3v) is 5.82. The van der Waals surface area contributed by atoms with E-state index in [4.69, 9.17) is 9.47 Å². The van der Waals surface area contributed by atoms with E-state index in [1.165, 1.54) is 0 Å². The Morgan fingerprint density at radius 1 is 1.06 bits per heavy atom. The van der Waals surface area contributed by atoms with Crippen molar-refractivity contribution in [3.63, 3.8) is 0 Å². The van der Waals surface area contributed by atoms with Crippen LogP contribution in [0.15, 0.2) is 42.0 Å². The standard InChI is InChI=1S/C25H27NO5/c1-4-5-10-26-22(17-8-9-19-20(14-17)31-12-11-30-19)21(24(28)25(26)29)23(27)18-13-15(2)6-7-16(18)3/h6-9,13-14,22,27H,4-5,10-12H2,1-3H3/b23-21+. The van der Waals surface area contributed by atoms with Gasteiger partial charge in [-0.15, -0.1) is 0 Å². The van der Waals surface area contributed by atoms with Gasteiger partial charge in [0.1, 0.15) is 19.0 Å². The predicted molar refractivity (Wildman–Crippen MR) is 117 cm³/mol. The average molecular weight is 421 g/mol. The maximum atomic E-state index is 13.1. The highest BCUT2D eigenvalue weighted by Gasteiger charge is 2.46. The van der Waals surface area contributed by atoms with Crippen molar-refractivity contribution in [3.8, 4) is 11.5 Å². The summed E-state index contributed by atoms with van der Waals surface area (Å²) in [6.45, 7) is 7.19. The summed E-state index contributed by atoms with van der Waals surface area (Å²) in [5, 5.41) is 11.3. The summed E-state index contributed by atoms with van der Waals surface area (Å²) in [6, 6.07) is 10.4. The molecule has 4 rings (SSSR count). The Balaban J connectivity index is 1.88. The number of aryl methyl sites for hydroxylation is 2. The first-order valence-corrected chi connectivity index (χ1v) is 10.7. The van der Waals surface area contributed by atoms with Crippen LogP contribution in [0, 0.1) is 13.8 Å². The first-order valence-electron chi connectivity index (χ1n) is 10.7. The topological polar surface area (TPSA) is 76.1 Å². The molecule has 2 heterocycles. The Hall–Kier alpha value is -3.28. The second kappa shape index (κ2) is 8.46. The van der Waals surface area contributed by atoms with Crippen molar-refractivity contribution in [1.29, 1.82) is 0 Å². The number of unbranched alkanes of at least 4 members (excludes halogenated alkanes) is 1. The molecule has 1 fully saturated rings. The van der Waals surface area contributed by atoms with E-state index in [0.717, 1.165) is 24.0 Å². The normalized spacial score (nSPS) is 19.7. The van der Waals surface area contributed by atoms with Gasteiger partial charge in [0.15, 0.2) is 11.5 Å². The minimum Gasteiger partial charge on any atom is -0.507 e. The number of rotatable bonds is 5. The quantitative estimate of drug-likeness (QED) is 0.443. The zero-order valence-electron chi connectivity index (χ0n) is 18.1. The zero-order chi connectivity index (χ0) is 22.1. The van der Waals surface area contributed by atoms with Crippen LogP contribution in [0.5, 0.6) is 11.5 Å². The maximum Gasteiger partial charge on any atom is 0.295 e. The van der Waals surface area contributed by atoms with Gasteiger partial charge in [-0.25, -0.2) is 0 Å². The molecule has 1 atom stereocenters. The second-order valence-corrected chi connectivity index (χ2v) is 8.07. The van der Waals surface area contributed by atoms with Gasteiger partial charge in [0.05, 0.1) is 11.6 Å². The van der Waals surface area contributed by atoms with E-state index in [1.54, 1.807) is 17.0 Å². The fourth-order valence-electron chi connectivity index (χ4n) is 4.15. The molecule has 0 saturated carbocycles. The summed E-state index contributed by atoms with van der Waals surface area (Å²) in [5.74, 6) is -0.167. The third kappa shape index (κ3) is 3.78. The van der Waals surface area contributed by atoms with Gasteiger partial charge in [-0.3, -0.25) is 9.59 Å². The molecule has 6 heteroatoms. The fraction of sp³-hybridized carbons (Fsp3) is 0.360. The zero-order valence-corrected chi connectivity index (χ0v) is 18.1. The number of ketones is 1. The molecule has 31 heavy (non-hydrogen) atoms. The lowest BCUT2D eigenvalue weighted by Gasteiger charge is -2.27. The van der Waals surface area contributed by atoms with Crippen LogP contribution in [0.25, 0.3) is 5.76 Å². The molecule has 0 aliphatic carbocycles. The van der Waals surface area contributed by atoms with Crippen LogP contribution in [-0.2, 0) is 9.59 Å². The van der Waals surface area contributed by atoms with Crippen molar-refractivity contribution >= 4 is 17.4 Å². The lowest BCUT2D eigenvalue weighted by molar-refractivity contribution is -0.139. The molecule has 6 nitrogen and oxygen atoms in total. The molecule has 1 amide bonds. The van der Waals surface area contributed by atoms with Gasteiger partial charge in [-0.1, -0.05) is 37.1 Å². The number of Topliss-reactive ketones (excluding diaryl/α,β-unsaturated/α-hetero) is 1. The molecule has 1 unspecified atom stereocenters. The summed E-state index contributed by atoms with van der Waals surface area (Å²) >= 11 is 0. The Bertz CT molecular complexity index is 1070. The number of aliphatic hydroxyl groups is 1. The third-order valence-electron chi connectivity index (χ3n) is 5.82. The molecule has 1 saturated heterocycles. The molecule has 2 aromatic rings. The van der Waals surface area contributed by atoms with Gasteiger partial charge in [-0.2, -0.15) is 0 Å². The van der Waals surface area contributed by atoms with Gasteiger partial charge in [0.2, 0.25) is 0 Å². The smallest absolute Gasteiger partial charge is 0.295 e. The number of hydrogen-bond acceptors (Lipinski definition) is 5. The summed E-state index contributed by atoms with van der Waals surface area (Å²) in [6.07, 6.45) is 1.64. The summed E-state index contributed by atoms with van der Waals surface area (Å²) in [7, 11) is 0. The monoisotopic (exact) mass is 421 g/mol. The number of benzene rings is 2. The first kappa shape index (κ1) is 21.0. The van der Waals surface area contributed by atoms with Crippen molar-refractivity contribution in [3.05, 3.63) is 64.2 Å². The van der Waals surface area contributed by atoms with Crippen LogP contribution in [0.4, 0.5) is 0 Å². The Morgan fingerprint density at radius 3 is 2.55 bits per heavy atom. The number of carbonyl (C=O) groups is 2. The number of carbonyl (C=O) groups excluding carboxylic acids is 2. The van der Waals surface area contributed by atoms with Gasteiger partial charge >= 0.3 is 0 Å². The highest BCUT2D eigenvalue weighted by Crippen LogP contribution is 2.43. The number of ether oxygens (including phenoxy) is 2. The number of hydrogen-bond donors (Lipinski definition) is 1. The molecule has 0 spiro atoms. The number of likely N-dealkylation sites (tertiary alicyclic amines) is 1. The predicted octanol–water partition coefficient (Wildman–Crippen LogP) is 4.30. The second-order valence-electron chi connectivity index (χ2n) is 8.07. The highest BCUT2D eigenvalue weighted by atomic mass is 16.6. The van der Waals surface area contributed by atoms with Crippen LogP contribution in [-0.4, -0.2) is 41.5 Å². The largest absolute Gasteiger partial charge is 0.507 e. The first-order chi connectivity index (χ1) is 14.9. The molecule has 0 aromatic heterocycles. The lowest BCUT2D eigenvalue weighted by Crippen LogP contribution is -2.30. The number of fused-ring (bicyclic) bond motifs is 1. The van der Waals surface area contributed by atoms with Crippen molar-refractivity contribution in [2.75, 3.05) is 19.8 Å². The van der Waals surface area contributed by atoms with E-state index in [2.05, 4.69) is 0 Å². The van der Waals surface area contributed by atoms with E-state index in [9.17, 15) is 14.7 Å². The SMILES string of the molecule is CCCCN1C(=O)C(=O)/C(=C(/O)c2cc(C)ccc2C)C1c1ccc2c(c1)OCCO2. The van der Waals surface area contributed by atoms with Crippen LogP contribution in [0.3, 0.4) is 0 Å². The fourth-order valence-corrected chi connectivity index (χ4v) is 4.15. The van der Waals surface area contributed by atoms with E-state index in [-0.39, 0.29) is 11.3 Å². The molecule has 1 N–H and O–H groups in total. The van der Waals surface area contributed by atoms with E-state index in [0.29, 0.717) is 42.4 Å². The molecule has 2 aromatic carbocycles. The Morgan fingerprint density at radius 2 is 1.81 bits per heavy atom. The lowest BCUT2D eigenvalue weighted by atomic mass is 9.93. The summed E-state index contributed by atoms with van der Waals surface area (Å²) in [4.78, 5) is 27.6. The van der Waals surface area contributed by atoms with E-state index in [1.807, 2.05) is 45.0 Å². The van der Waals surface area contributed by atoms with Gasteiger partial charge in [0.25, 0.3) is 11.7 Å². The van der Waals surface area contributed by atoms with Gasteiger partial charge < -0.3 is 19.5 Å².